The number of rotatable bonds is 5. The molecule has 0 radical (unpaired) electrons. The Morgan fingerprint density at radius 1 is 1.27 bits per heavy atom. The second-order valence-electron chi connectivity index (χ2n) is 5.31. The molecule has 5 nitrogen and oxygen atoms in total. The van der Waals surface area contributed by atoms with Gasteiger partial charge in [-0.25, -0.2) is 4.39 Å². The van der Waals surface area contributed by atoms with Crippen LogP contribution in [0.4, 0.5) is 4.39 Å². The van der Waals surface area contributed by atoms with Gasteiger partial charge in [0.15, 0.2) is 0 Å². The van der Waals surface area contributed by atoms with Gasteiger partial charge in [-0.05, 0) is 31.8 Å². The van der Waals surface area contributed by atoms with E-state index < -0.39 is 6.04 Å². The summed E-state index contributed by atoms with van der Waals surface area (Å²) in [7, 11) is 5.29. The first-order valence-corrected chi connectivity index (χ1v) is 6.91. The molecule has 0 aliphatic heterocycles. The lowest BCUT2D eigenvalue weighted by molar-refractivity contribution is -0.135. The van der Waals surface area contributed by atoms with Crippen LogP contribution in [-0.4, -0.2) is 46.8 Å². The Hall–Kier alpha value is -2.34. The number of benzene rings is 1. The molecule has 1 atom stereocenters. The number of aromatic nitrogens is 2. The van der Waals surface area contributed by atoms with Gasteiger partial charge in [0, 0.05) is 19.4 Å². The SMILES string of the molecule is CN(Cc1cnccn1)C(=O)[C@@H](c1cccc(F)c1)N(C)C. The fraction of sp³-hybridized carbons (Fsp3) is 0.312. The van der Waals surface area contributed by atoms with E-state index >= 15 is 0 Å². The quantitative estimate of drug-likeness (QED) is 0.846. The molecule has 0 N–H and O–H groups in total. The predicted molar refractivity (Wildman–Crippen MR) is 81.3 cm³/mol. The van der Waals surface area contributed by atoms with Gasteiger partial charge in [0.05, 0.1) is 18.4 Å². The molecule has 0 spiro atoms. The molecule has 0 aliphatic carbocycles. The van der Waals surface area contributed by atoms with Crippen molar-refractivity contribution in [3.8, 4) is 0 Å². The molecule has 116 valence electrons. The number of nitrogens with zero attached hydrogens (tertiary/aromatic N) is 4. The highest BCUT2D eigenvalue weighted by Gasteiger charge is 2.26. The molecule has 1 amide bonds. The summed E-state index contributed by atoms with van der Waals surface area (Å²) in [5.41, 5.74) is 1.33. The van der Waals surface area contributed by atoms with Gasteiger partial charge in [0.1, 0.15) is 11.9 Å². The lowest BCUT2D eigenvalue weighted by Crippen LogP contribution is -2.38. The Morgan fingerprint density at radius 2 is 2.05 bits per heavy atom. The Bertz CT molecular complexity index is 633. The molecule has 1 aromatic carbocycles. The lowest BCUT2D eigenvalue weighted by atomic mass is 10.0. The molecule has 2 aromatic rings. The van der Waals surface area contributed by atoms with Gasteiger partial charge >= 0.3 is 0 Å². The molecular formula is C16H19FN4O. The number of likely N-dealkylation sites (N-methyl/N-ethyl adjacent to an activating group) is 2. The molecule has 0 saturated carbocycles. The minimum atomic E-state index is -0.544. The molecule has 0 aliphatic rings. The fourth-order valence-corrected chi connectivity index (χ4v) is 2.28. The second-order valence-corrected chi connectivity index (χ2v) is 5.31. The van der Waals surface area contributed by atoms with Gasteiger partial charge in [-0.3, -0.25) is 19.7 Å². The molecule has 22 heavy (non-hydrogen) atoms. The van der Waals surface area contributed by atoms with E-state index in [9.17, 15) is 9.18 Å². The molecular weight excluding hydrogens is 283 g/mol. The highest BCUT2D eigenvalue weighted by atomic mass is 19.1. The van der Waals surface area contributed by atoms with Crippen molar-refractivity contribution < 1.29 is 9.18 Å². The van der Waals surface area contributed by atoms with E-state index in [0.717, 1.165) is 0 Å². The number of carbonyl (C=O) groups is 1. The van der Waals surface area contributed by atoms with Gasteiger partial charge in [0.2, 0.25) is 5.91 Å². The maximum Gasteiger partial charge on any atom is 0.244 e. The molecule has 1 aromatic heterocycles. The maximum atomic E-state index is 13.4. The zero-order chi connectivity index (χ0) is 16.1. The molecule has 6 heteroatoms. The van der Waals surface area contributed by atoms with Crippen LogP contribution in [0.25, 0.3) is 0 Å². The fourth-order valence-electron chi connectivity index (χ4n) is 2.28. The summed E-state index contributed by atoms with van der Waals surface area (Å²) >= 11 is 0. The zero-order valence-corrected chi connectivity index (χ0v) is 12.9. The first-order valence-electron chi connectivity index (χ1n) is 6.91. The van der Waals surface area contributed by atoms with Crippen LogP contribution >= 0.6 is 0 Å². The van der Waals surface area contributed by atoms with E-state index in [2.05, 4.69) is 9.97 Å². The molecule has 0 bridgehead atoms. The van der Waals surface area contributed by atoms with E-state index in [0.29, 0.717) is 17.8 Å². The average molecular weight is 302 g/mol. The van der Waals surface area contributed by atoms with Gasteiger partial charge < -0.3 is 4.90 Å². The molecule has 1 heterocycles. The van der Waals surface area contributed by atoms with Crippen LogP contribution in [0.1, 0.15) is 17.3 Å². The van der Waals surface area contributed by atoms with Crippen molar-refractivity contribution >= 4 is 5.91 Å². The smallest absolute Gasteiger partial charge is 0.244 e. The van der Waals surface area contributed by atoms with Crippen LogP contribution in [0.2, 0.25) is 0 Å². The summed E-state index contributed by atoms with van der Waals surface area (Å²) in [5, 5.41) is 0. The van der Waals surface area contributed by atoms with Gasteiger partial charge in [-0.1, -0.05) is 12.1 Å². The van der Waals surface area contributed by atoms with Crippen LogP contribution in [0.15, 0.2) is 42.9 Å². The zero-order valence-electron chi connectivity index (χ0n) is 12.9. The largest absolute Gasteiger partial charge is 0.338 e. The second kappa shape index (κ2) is 7.09. The van der Waals surface area contributed by atoms with Crippen molar-refractivity contribution in [2.75, 3.05) is 21.1 Å². The Balaban J connectivity index is 2.19. The summed E-state index contributed by atoms with van der Waals surface area (Å²) < 4.78 is 13.4. The van der Waals surface area contributed by atoms with Crippen LogP contribution in [0.3, 0.4) is 0 Å². The molecule has 0 saturated heterocycles. The first-order chi connectivity index (χ1) is 10.5. The monoisotopic (exact) mass is 302 g/mol. The number of carbonyl (C=O) groups excluding carboxylic acids is 1. The third kappa shape index (κ3) is 3.85. The van der Waals surface area contributed by atoms with Crippen molar-refractivity contribution in [2.24, 2.45) is 0 Å². The lowest BCUT2D eigenvalue weighted by Gasteiger charge is -2.28. The predicted octanol–water partition coefficient (Wildman–Crippen LogP) is 1.88. The van der Waals surface area contributed by atoms with E-state index in [1.165, 1.54) is 12.1 Å². The minimum absolute atomic E-state index is 0.124. The summed E-state index contributed by atoms with van der Waals surface area (Å²) in [6.07, 6.45) is 4.79. The Labute approximate surface area is 129 Å². The third-order valence-electron chi connectivity index (χ3n) is 3.31. The van der Waals surface area contributed by atoms with E-state index in [4.69, 9.17) is 0 Å². The number of halogens is 1. The molecule has 2 rings (SSSR count). The van der Waals surface area contributed by atoms with Crippen LogP contribution in [0, 0.1) is 5.82 Å². The molecule has 0 unspecified atom stereocenters. The summed E-state index contributed by atoms with van der Waals surface area (Å²) in [5.74, 6) is -0.477. The highest BCUT2D eigenvalue weighted by Crippen LogP contribution is 2.21. The van der Waals surface area contributed by atoms with Crippen LogP contribution in [0.5, 0.6) is 0 Å². The van der Waals surface area contributed by atoms with E-state index in [1.54, 1.807) is 61.7 Å². The van der Waals surface area contributed by atoms with Crippen LogP contribution < -0.4 is 0 Å². The third-order valence-corrected chi connectivity index (χ3v) is 3.31. The topological polar surface area (TPSA) is 49.3 Å². The average Bonchev–Trinajstić information content (AvgIpc) is 2.48. The van der Waals surface area contributed by atoms with Crippen molar-refractivity contribution in [3.63, 3.8) is 0 Å². The standard InChI is InChI=1S/C16H19FN4O/c1-20(2)15(12-5-4-6-13(17)9-12)16(22)21(3)11-14-10-18-7-8-19-14/h4-10,15H,11H2,1-3H3/t15-/m1/s1. The summed E-state index contributed by atoms with van der Waals surface area (Å²) in [4.78, 5) is 24.2. The summed E-state index contributed by atoms with van der Waals surface area (Å²) in [6.45, 7) is 0.354. The van der Waals surface area contributed by atoms with E-state index in [-0.39, 0.29) is 11.7 Å². The van der Waals surface area contributed by atoms with Crippen molar-refractivity contribution in [2.45, 2.75) is 12.6 Å². The first kappa shape index (κ1) is 16.0. The van der Waals surface area contributed by atoms with Crippen molar-refractivity contribution in [1.29, 1.82) is 0 Å². The Morgan fingerprint density at radius 3 is 2.64 bits per heavy atom. The minimum Gasteiger partial charge on any atom is -0.338 e. The van der Waals surface area contributed by atoms with E-state index in [1.807, 2.05) is 0 Å². The number of hydrogen-bond acceptors (Lipinski definition) is 4. The van der Waals surface area contributed by atoms with Crippen LogP contribution in [-0.2, 0) is 11.3 Å². The summed E-state index contributed by atoms with van der Waals surface area (Å²) in [6, 6.07) is 5.57. The normalized spacial score (nSPS) is 12.2. The van der Waals surface area contributed by atoms with Crippen molar-refractivity contribution in [3.05, 3.63) is 59.9 Å². The maximum absolute atomic E-state index is 13.4. The highest BCUT2D eigenvalue weighted by molar-refractivity contribution is 5.83. The Kier molecular flexibility index (Phi) is 5.16. The molecule has 0 fully saturated rings. The van der Waals surface area contributed by atoms with Gasteiger partial charge in [-0.15, -0.1) is 0 Å². The van der Waals surface area contributed by atoms with Gasteiger partial charge in [0.25, 0.3) is 0 Å². The number of hydrogen-bond donors (Lipinski definition) is 0. The number of amides is 1. The van der Waals surface area contributed by atoms with Crippen molar-refractivity contribution in [1.82, 2.24) is 19.8 Å². The van der Waals surface area contributed by atoms with Gasteiger partial charge in [-0.2, -0.15) is 0 Å².